The predicted molar refractivity (Wildman–Crippen MR) is 106 cm³/mol. The zero-order valence-corrected chi connectivity index (χ0v) is 17.6. The number of rotatable bonds is 1. The van der Waals surface area contributed by atoms with E-state index in [1.165, 1.54) is 44.9 Å². The van der Waals surface area contributed by atoms with Gasteiger partial charge < -0.3 is 0 Å². The van der Waals surface area contributed by atoms with Gasteiger partial charge in [0.2, 0.25) is 0 Å². The molecule has 0 unspecified atom stereocenters. The van der Waals surface area contributed by atoms with Gasteiger partial charge in [0.15, 0.2) is 0 Å². The Morgan fingerprint density at radius 1 is 0.880 bits per heavy atom. The third kappa shape index (κ3) is 1.86. The summed E-state index contributed by atoms with van der Waals surface area (Å²) >= 11 is 0. The summed E-state index contributed by atoms with van der Waals surface area (Å²) in [5.41, 5.74) is 2.34. The van der Waals surface area contributed by atoms with Gasteiger partial charge in [-0.2, -0.15) is 0 Å². The highest BCUT2D eigenvalue weighted by Gasteiger charge is 2.70. The van der Waals surface area contributed by atoms with Crippen LogP contribution in [-0.2, 0) is 0 Å². The van der Waals surface area contributed by atoms with E-state index in [1.54, 1.807) is 0 Å². The molecule has 0 saturated heterocycles. The van der Waals surface area contributed by atoms with Crippen molar-refractivity contribution in [2.24, 2.45) is 57.2 Å². The van der Waals surface area contributed by atoms with E-state index in [0.29, 0.717) is 21.7 Å². The second kappa shape index (κ2) is 4.77. The topological polar surface area (TPSA) is 0 Å². The molecular weight excluding hydrogens is 300 g/mol. The molecule has 4 saturated carbocycles. The second-order valence-electron chi connectivity index (χ2n) is 12.4. The first kappa shape index (κ1) is 16.9. The van der Waals surface area contributed by atoms with Gasteiger partial charge in [0, 0.05) is 0 Å². The van der Waals surface area contributed by atoms with Gasteiger partial charge in [0.05, 0.1) is 0 Å². The van der Waals surface area contributed by atoms with Gasteiger partial charge in [-0.3, -0.25) is 0 Å². The molecule has 0 spiro atoms. The van der Waals surface area contributed by atoms with E-state index in [1.807, 2.05) is 0 Å². The van der Waals surface area contributed by atoms with Crippen LogP contribution in [-0.4, -0.2) is 0 Å². The van der Waals surface area contributed by atoms with E-state index in [2.05, 4.69) is 53.7 Å². The van der Waals surface area contributed by atoms with Crippen molar-refractivity contribution in [2.45, 2.75) is 86.5 Å². The quantitative estimate of drug-likeness (QED) is 0.446. The molecule has 0 heterocycles. The highest BCUT2D eigenvalue weighted by Crippen LogP contribution is 2.78. The first-order chi connectivity index (χ1) is 11.6. The van der Waals surface area contributed by atoms with Crippen molar-refractivity contribution in [1.29, 1.82) is 0 Å². The van der Waals surface area contributed by atoms with Crippen molar-refractivity contribution in [2.75, 3.05) is 0 Å². The van der Waals surface area contributed by atoms with Gasteiger partial charge in [-0.15, -0.1) is 0 Å². The zero-order chi connectivity index (χ0) is 17.8. The van der Waals surface area contributed by atoms with Crippen LogP contribution in [0.1, 0.15) is 86.5 Å². The Labute approximate surface area is 156 Å². The monoisotopic (exact) mass is 340 g/mol. The number of hydrogen-bond donors (Lipinski definition) is 0. The lowest BCUT2D eigenvalue weighted by atomic mass is 9.51. The molecule has 0 amide bonds. The van der Waals surface area contributed by atoms with Crippen molar-refractivity contribution < 1.29 is 0 Å². The highest BCUT2D eigenvalue weighted by atomic mass is 14.7. The van der Waals surface area contributed by atoms with Crippen LogP contribution in [0.15, 0.2) is 12.2 Å². The summed E-state index contributed by atoms with van der Waals surface area (Å²) in [5, 5.41) is 0. The molecular formula is C25H40. The van der Waals surface area contributed by atoms with Crippen LogP contribution in [0.5, 0.6) is 0 Å². The predicted octanol–water partition coefficient (Wildman–Crippen LogP) is 7.10. The average Bonchev–Trinajstić information content (AvgIpc) is 3.16. The van der Waals surface area contributed by atoms with Crippen LogP contribution in [0.25, 0.3) is 0 Å². The standard InChI is InChI=1S/C25H40/c1-16(2)17-8-11-22(3)12-13-23(4)15-19-18(21(23)20(17)22)14-24(5)9-7-10-25(19,24)6/h7,10,16-21H,8-9,11-15H2,1-6H3/t17-,18+,19+,20+,21+,22+,23-,24+,25-/m1/s1. The minimum absolute atomic E-state index is 0.486. The van der Waals surface area contributed by atoms with Crippen LogP contribution in [0.4, 0.5) is 0 Å². The van der Waals surface area contributed by atoms with Crippen LogP contribution in [0.2, 0.25) is 0 Å². The fourth-order valence-electron chi connectivity index (χ4n) is 9.50. The maximum absolute atomic E-state index is 2.71. The third-order valence-electron chi connectivity index (χ3n) is 11.1. The molecule has 0 nitrogen and oxygen atoms in total. The molecule has 9 atom stereocenters. The fourth-order valence-corrected chi connectivity index (χ4v) is 9.50. The van der Waals surface area contributed by atoms with Gasteiger partial charge >= 0.3 is 0 Å². The molecule has 5 rings (SSSR count). The van der Waals surface area contributed by atoms with Crippen LogP contribution >= 0.6 is 0 Å². The first-order valence-electron chi connectivity index (χ1n) is 11.3. The molecule has 0 aromatic carbocycles. The lowest BCUT2D eigenvalue weighted by Crippen LogP contribution is -2.47. The third-order valence-corrected chi connectivity index (χ3v) is 11.1. The lowest BCUT2D eigenvalue weighted by molar-refractivity contribution is -0.0492. The molecule has 5 aliphatic carbocycles. The lowest BCUT2D eigenvalue weighted by Gasteiger charge is -2.53. The molecule has 0 heteroatoms. The molecule has 140 valence electrons. The minimum atomic E-state index is 0.486. The Bertz CT molecular complexity index is 616. The number of fused-ring (bicyclic) bond motifs is 7. The number of hydrogen-bond acceptors (Lipinski definition) is 0. The van der Waals surface area contributed by atoms with E-state index in [4.69, 9.17) is 0 Å². The molecule has 0 bridgehead atoms. The van der Waals surface area contributed by atoms with Gasteiger partial charge in [-0.05, 0) is 102 Å². The van der Waals surface area contributed by atoms with E-state index in [9.17, 15) is 0 Å². The van der Waals surface area contributed by atoms with Crippen LogP contribution in [0, 0.1) is 57.2 Å². The second-order valence-corrected chi connectivity index (χ2v) is 12.4. The van der Waals surface area contributed by atoms with Gasteiger partial charge in [-0.25, -0.2) is 0 Å². The van der Waals surface area contributed by atoms with Crippen molar-refractivity contribution in [3.8, 4) is 0 Å². The highest BCUT2D eigenvalue weighted by molar-refractivity contribution is 5.27. The molecule has 0 radical (unpaired) electrons. The Morgan fingerprint density at radius 3 is 2.32 bits per heavy atom. The maximum Gasteiger partial charge on any atom is -0.00585 e. The minimum Gasteiger partial charge on any atom is -0.0874 e. The molecule has 5 aliphatic rings. The van der Waals surface area contributed by atoms with E-state index >= 15 is 0 Å². The molecule has 0 aromatic rings. The van der Waals surface area contributed by atoms with Crippen molar-refractivity contribution in [3.05, 3.63) is 12.2 Å². The SMILES string of the molecule is CC(C)[C@H]1CC[C@@]2(C)CC[C@]3(C)C[C@H]4[C@H](C[C@]5(C)CC=C[C@]45C)[C@H]3[C@H]12. The fraction of sp³-hybridized carbons (Fsp3) is 0.920. The Balaban J connectivity index is 1.59. The smallest absolute Gasteiger partial charge is 0.00585 e. The van der Waals surface area contributed by atoms with Crippen molar-refractivity contribution in [3.63, 3.8) is 0 Å². The van der Waals surface area contributed by atoms with E-state index in [-0.39, 0.29) is 0 Å². The van der Waals surface area contributed by atoms with Crippen molar-refractivity contribution >= 4 is 0 Å². The zero-order valence-electron chi connectivity index (χ0n) is 17.6. The average molecular weight is 341 g/mol. The Morgan fingerprint density at radius 2 is 1.60 bits per heavy atom. The molecule has 4 fully saturated rings. The largest absolute Gasteiger partial charge is 0.0874 e. The summed E-state index contributed by atoms with van der Waals surface area (Å²) in [7, 11) is 0. The summed E-state index contributed by atoms with van der Waals surface area (Å²) in [6.07, 6.45) is 15.6. The van der Waals surface area contributed by atoms with Gasteiger partial charge in [0.25, 0.3) is 0 Å². The summed E-state index contributed by atoms with van der Waals surface area (Å²) in [6.45, 7) is 15.7. The van der Waals surface area contributed by atoms with Gasteiger partial charge in [-0.1, -0.05) is 53.7 Å². The maximum atomic E-state index is 2.71. The van der Waals surface area contributed by atoms with Crippen LogP contribution < -0.4 is 0 Å². The Kier molecular flexibility index (Phi) is 3.22. The summed E-state index contributed by atoms with van der Waals surface area (Å²) < 4.78 is 0. The van der Waals surface area contributed by atoms with Crippen molar-refractivity contribution in [1.82, 2.24) is 0 Å². The molecule has 0 N–H and O–H groups in total. The van der Waals surface area contributed by atoms with E-state index in [0.717, 1.165) is 35.5 Å². The number of allylic oxidation sites excluding steroid dienone is 2. The molecule has 0 aromatic heterocycles. The van der Waals surface area contributed by atoms with Crippen LogP contribution in [0.3, 0.4) is 0 Å². The summed E-state index contributed by atoms with van der Waals surface area (Å²) in [4.78, 5) is 0. The Hall–Kier alpha value is -0.260. The first-order valence-corrected chi connectivity index (χ1v) is 11.3. The summed E-state index contributed by atoms with van der Waals surface area (Å²) in [5.74, 6) is 5.86. The van der Waals surface area contributed by atoms with E-state index < -0.39 is 0 Å². The molecule has 25 heavy (non-hydrogen) atoms. The normalized spacial score (nSPS) is 62.1. The summed E-state index contributed by atoms with van der Waals surface area (Å²) in [6, 6.07) is 0. The van der Waals surface area contributed by atoms with Gasteiger partial charge in [0.1, 0.15) is 0 Å². The molecule has 0 aliphatic heterocycles.